The third-order valence-corrected chi connectivity index (χ3v) is 7.15. The topological polar surface area (TPSA) is 113 Å². The molecule has 2 aromatic rings. The van der Waals surface area contributed by atoms with Crippen LogP contribution in [0, 0.1) is 0 Å². The highest BCUT2D eigenvalue weighted by atomic mass is 35.5. The molecule has 1 fully saturated rings. The molecule has 32 heavy (non-hydrogen) atoms. The van der Waals surface area contributed by atoms with Crippen molar-refractivity contribution in [1.29, 1.82) is 0 Å². The maximum atomic E-state index is 12.5. The first kappa shape index (κ1) is 24.0. The van der Waals surface area contributed by atoms with E-state index in [1.54, 1.807) is 48.5 Å². The number of benzene rings is 2. The Labute approximate surface area is 195 Å². The van der Waals surface area contributed by atoms with Crippen LogP contribution in [0.25, 0.3) is 6.08 Å². The summed E-state index contributed by atoms with van der Waals surface area (Å²) in [6, 6.07) is 14.8. The van der Waals surface area contributed by atoms with Gasteiger partial charge in [-0.3, -0.25) is 19.3 Å². The number of thioether (sulfide) groups is 1. The van der Waals surface area contributed by atoms with Crippen LogP contribution in [0.15, 0.2) is 64.4 Å². The molecule has 0 atom stereocenters. The van der Waals surface area contributed by atoms with Gasteiger partial charge >= 0.3 is 0 Å². The fourth-order valence-electron chi connectivity index (χ4n) is 2.80. The summed E-state index contributed by atoms with van der Waals surface area (Å²) >= 11 is 6.90. The number of amides is 3. The summed E-state index contributed by atoms with van der Waals surface area (Å²) in [5.41, 5.74) is 0.630. The van der Waals surface area contributed by atoms with E-state index in [1.807, 2.05) is 0 Å². The third kappa shape index (κ3) is 6.19. The van der Waals surface area contributed by atoms with Gasteiger partial charge in [0, 0.05) is 31.1 Å². The van der Waals surface area contributed by atoms with Crippen molar-refractivity contribution in [3.63, 3.8) is 0 Å². The highest BCUT2D eigenvalue weighted by Crippen LogP contribution is 2.33. The maximum Gasteiger partial charge on any atom is 0.293 e. The van der Waals surface area contributed by atoms with Crippen molar-refractivity contribution in [2.45, 2.75) is 11.3 Å². The first-order chi connectivity index (χ1) is 15.3. The summed E-state index contributed by atoms with van der Waals surface area (Å²) in [4.78, 5) is 38.1. The quantitative estimate of drug-likeness (QED) is 0.519. The molecule has 2 aromatic carbocycles. The number of carbonyl (C=O) groups excluding carboxylic acids is 3. The minimum atomic E-state index is -3.69. The van der Waals surface area contributed by atoms with Crippen LogP contribution in [0.5, 0.6) is 0 Å². The molecule has 1 heterocycles. The van der Waals surface area contributed by atoms with E-state index in [1.165, 1.54) is 12.1 Å². The van der Waals surface area contributed by atoms with Crippen molar-refractivity contribution in [2.75, 3.05) is 19.6 Å². The molecule has 0 saturated carbocycles. The average molecular weight is 494 g/mol. The molecule has 0 unspecified atom stereocenters. The molecule has 8 nitrogen and oxygen atoms in total. The fraction of sp³-hybridized carbons (Fsp3) is 0.190. The lowest BCUT2D eigenvalue weighted by molar-refractivity contribution is -0.124. The summed E-state index contributed by atoms with van der Waals surface area (Å²) in [5, 5.41) is 2.62. The summed E-state index contributed by atoms with van der Waals surface area (Å²) < 4.78 is 26.6. The largest absolute Gasteiger partial charge is 0.354 e. The summed E-state index contributed by atoms with van der Waals surface area (Å²) in [5.74, 6) is -0.857. The molecule has 0 radical (unpaired) electrons. The van der Waals surface area contributed by atoms with Crippen molar-refractivity contribution in [1.82, 2.24) is 14.9 Å². The number of sulfonamides is 1. The van der Waals surface area contributed by atoms with Gasteiger partial charge in [0.25, 0.3) is 11.1 Å². The first-order valence-corrected chi connectivity index (χ1v) is 12.3. The molecular formula is C21H20ClN3O5S2. The van der Waals surface area contributed by atoms with Crippen LogP contribution in [0.3, 0.4) is 0 Å². The van der Waals surface area contributed by atoms with Gasteiger partial charge in [-0.15, -0.1) is 0 Å². The Bertz CT molecular complexity index is 1150. The van der Waals surface area contributed by atoms with Crippen molar-refractivity contribution in [3.05, 3.63) is 70.1 Å². The second kappa shape index (κ2) is 10.8. The van der Waals surface area contributed by atoms with Gasteiger partial charge < -0.3 is 5.32 Å². The predicted octanol–water partition coefficient (Wildman–Crippen LogP) is 2.86. The lowest BCUT2D eigenvalue weighted by atomic mass is 10.2. The van der Waals surface area contributed by atoms with Crippen LogP contribution < -0.4 is 10.0 Å². The second-order valence-electron chi connectivity index (χ2n) is 6.67. The van der Waals surface area contributed by atoms with Crippen molar-refractivity contribution in [2.24, 2.45) is 0 Å². The highest BCUT2D eigenvalue weighted by molar-refractivity contribution is 8.18. The molecule has 1 aliphatic rings. The number of halogens is 1. The molecule has 1 aliphatic heterocycles. The average Bonchev–Trinajstić information content (AvgIpc) is 3.03. The molecule has 0 aliphatic carbocycles. The molecule has 2 N–H and O–H groups in total. The van der Waals surface area contributed by atoms with E-state index in [9.17, 15) is 22.8 Å². The van der Waals surface area contributed by atoms with E-state index in [4.69, 9.17) is 11.6 Å². The van der Waals surface area contributed by atoms with E-state index in [-0.39, 0.29) is 35.9 Å². The van der Waals surface area contributed by atoms with Gasteiger partial charge in [-0.2, -0.15) is 0 Å². The number of imide groups is 1. The zero-order valence-electron chi connectivity index (χ0n) is 16.8. The number of hydrogen-bond donors (Lipinski definition) is 2. The van der Waals surface area contributed by atoms with Crippen LogP contribution in [0.2, 0.25) is 5.02 Å². The zero-order valence-corrected chi connectivity index (χ0v) is 19.2. The number of hydrogen-bond acceptors (Lipinski definition) is 6. The van der Waals surface area contributed by atoms with Crippen LogP contribution in [0.4, 0.5) is 4.79 Å². The smallest absolute Gasteiger partial charge is 0.293 e. The van der Waals surface area contributed by atoms with Crippen LogP contribution in [-0.2, 0) is 19.6 Å². The van der Waals surface area contributed by atoms with E-state index in [2.05, 4.69) is 10.0 Å². The van der Waals surface area contributed by atoms with Gasteiger partial charge in [-0.05, 0) is 41.6 Å². The SMILES string of the molecule is O=C(CCNS(=O)(=O)c1ccccc1)NCCN1C(=O)S/C(=C\c2ccccc2Cl)C1=O. The molecule has 0 bridgehead atoms. The number of rotatable bonds is 9. The van der Waals surface area contributed by atoms with Gasteiger partial charge in [0.2, 0.25) is 15.9 Å². The van der Waals surface area contributed by atoms with E-state index >= 15 is 0 Å². The predicted molar refractivity (Wildman–Crippen MR) is 123 cm³/mol. The minimum Gasteiger partial charge on any atom is -0.354 e. The van der Waals surface area contributed by atoms with Gasteiger partial charge in [0.05, 0.1) is 9.80 Å². The van der Waals surface area contributed by atoms with Crippen LogP contribution in [0.1, 0.15) is 12.0 Å². The Morgan fingerprint density at radius 1 is 1.03 bits per heavy atom. The Morgan fingerprint density at radius 2 is 1.72 bits per heavy atom. The first-order valence-electron chi connectivity index (χ1n) is 9.59. The van der Waals surface area contributed by atoms with E-state index < -0.39 is 27.1 Å². The Kier molecular flexibility index (Phi) is 8.08. The minimum absolute atomic E-state index is 0.00596. The van der Waals surface area contributed by atoms with Gasteiger partial charge in [0.15, 0.2) is 0 Å². The Hall–Kier alpha value is -2.66. The summed E-state index contributed by atoms with van der Waals surface area (Å²) in [6.45, 7) is -0.0150. The van der Waals surface area contributed by atoms with Crippen molar-refractivity contribution in [3.8, 4) is 0 Å². The molecule has 3 rings (SSSR count). The molecule has 0 spiro atoms. The summed E-state index contributed by atoms with van der Waals surface area (Å²) in [6.07, 6.45) is 1.48. The molecular weight excluding hydrogens is 474 g/mol. The highest BCUT2D eigenvalue weighted by Gasteiger charge is 2.34. The third-order valence-electron chi connectivity index (χ3n) is 4.42. The molecule has 3 amide bonds. The van der Waals surface area contributed by atoms with Gasteiger partial charge in [0.1, 0.15) is 0 Å². The van der Waals surface area contributed by atoms with E-state index in [0.717, 1.165) is 16.7 Å². The normalized spacial score (nSPS) is 15.4. The summed E-state index contributed by atoms with van der Waals surface area (Å²) in [7, 11) is -3.69. The lowest BCUT2D eigenvalue weighted by Gasteiger charge is -2.13. The van der Waals surface area contributed by atoms with Crippen LogP contribution >= 0.6 is 23.4 Å². The van der Waals surface area contributed by atoms with Crippen molar-refractivity contribution < 1.29 is 22.8 Å². The number of nitrogens with one attached hydrogen (secondary N) is 2. The number of carbonyl (C=O) groups is 3. The fourth-order valence-corrected chi connectivity index (χ4v) is 4.90. The standard InChI is InChI=1S/C21H20ClN3O5S2/c22-17-9-5-4-6-15(17)14-18-20(27)25(21(28)31-18)13-12-23-19(26)10-11-24-32(29,30)16-7-2-1-3-8-16/h1-9,14,24H,10-13H2,(H,23,26)/b18-14-. The molecule has 0 aromatic heterocycles. The van der Waals surface area contributed by atoms with Crippen molar-refractivity contribution >= 4 is 56.5 Å². The lowest BCUT2D eigenvalue weighted by Crippen LogP contribution is -2.38. The second-order valence-corrected chi connectivity index (χ2v) is 9.83. The van der Waals surface area contributed by atoms with Crippen LogP contribution in [-0.4, -0.2) is 50.0 Å². The number of nitrogens with zero attached hydrogens (tertiary/aromatic N) is 1. The molecule has 11 heteroatoms. The van der Waals surface area contributed by atoms with Gasteiger partial charge in [-0.1, -0.05) is 48.0 Å². The maximum absolute atomic E-state index is 12.5. The monoisotopic (exact) mass is 493 g/mol. The van der Waals surface area contributed by atoms with E-state index in [0.29, 0.717) is 10.6 Å². The molecule has 1 saturated heterocycles. The Balaban J connectivity index is 1.45. The Morgan fingerprint density at radius 3 is 2.44 bits per heavy atom. The zero-order chi connectivity index (χ0) is 23.1. The molecule has 168 valence electrons. The van der Waals surface area contributed by atoms with Gasteiger partial charge in [-0.25, -0.2) is 13.1 Å².